The van der Waals surface area contributed by atoms with Crippen LogP contribution in [-0.2, 0) is 6.54 Å². The van der Waals surface area contributed by atoms with Gasteiger partial charge < -0.3 is 11.1 Å². The average molecular weight is 261 g/mol. The van der Waals surface area contributed by atoms with Crippen molar-refractivity contribution >= 4 is 22.9 Å². The van der Waals surface area contributed by atoms with E-state index in [1.807, 2.05) is 25.3 Å². The van der Waals surface area contributed by atoms with E-state index in [-0.39, 0.29) is 5.91 Å². The first kappa shape index (κ1) is 12.6. The third kappa shape index (κ3) is 2.87. The molecule has 1 aromatic heterocycles. The topological polar surface area (TPSA) is 68.0 Å². The Hall–Kier alpha value is -1.88. The zero-order chi connectivity index (χ0) is 13.1. The summed E-state index contributed by atoms with van der Waals surface area (Å²) >= 11 is 1.54. The fourth-order valence-electron chi connectivity index (χ4n) is 1.52. The highest BCUT2D eigenvalue weighted by atomic mass is 32.1. The summed E-state index contributed by atoms with van der Waals surface area (Å²) in [6.07, 6.45) is 0. The number of nitrogen functional groups attached to an aromatic ring is 1. The molecule has 0 atom stereocenters. The van der Waals surface area contributed by atoms with Gasteiger partial charge in [-0.15, -0.1) is 11.3 Å². The van der Waals surface area contributed by atoms with Crippen molar-refractivity contribution in [2.75, 3.05) is 5.73 Å². The smallest absolute Gasteiger partial charge is 0.251 e. The van der Waals surface area contributed by atoms with Crippen molar-refractivity contribution in [2.24, 2.45) is 0 Å². The van der Waals surface area contributed by atoms with Gasteiger partial charge in [-0.3, -0.25) is 4.79 Å². The van der Waals surface area contributed by atoms with Gasteiger partial charge in [0.2, 0.25) is 0 Å². The van der Waals surface area contributed by atoms with Gasteiger partial charge in [-0.2, -0.15) is 0 Å². The van der Waals surface area contributed by atoms with Gasteiger partial charge in [0.25, 0.3) is 5.91 Å². The maximum Gasteiger partial charge on any atom is 0.251 e. The quantitative estimate of drug-likeness (QED) is 0.833. The van der Waals surface area contributed by atoms with Crippen LogP contribution in [0.4, 0.5) is 5.69 Å². The molecule has 0 aliphatic heterocycles. The maximum absolute atomic E-state index is 11.9. The number of anilines is 1. The Bertz CT molecular complexity index is 577. The second kappa shape index (κ2) is 5.18. The molecule has 5 heteroatoms. The van der Waals surface area contributed by atoms with Gasteiger partial charge in [0.1, 0.15) is 5.01 Å². The number of aromatic nitrogens is 1. The predicted molar refractivity (Wildman–Crippen MR) is 73.6 cm³/mol. The summed E-state index contributed by atoms with van der Waals surface area (Å²) in [6, 6.07) is 5.31. The largest absolute Gasteiger partial charge is 0.398 e. The third-order valence-corrected chi connectivity index (χ3v) is 3.57. The molecular weight excluding hydrogens is 246 g/mol. The van der Waals surface area contributed by atoms with Crippen LogP contribution < -0.4 is 11.1 Å². The van der Waals surface area contributed by atoms with Crippen LogP contribution in [0.1, 0.15) is 26.6 Å². The first-order chi connectivity index (χ1) is 8.56. The molecule has 1 heterocycles. The monoisotopic (exact) mass is 261 g/mol. The van der Waals surface area contributed by atoms with Crippen LogP contribution in [0.2, 0.25) is 0 Å². The van der Waals surface area contributed by atoms with E-state index in [0.717, 1.165) is 16.3 Å². The molecule has 0 aliphatic rings. The fraction of sp³-hybridized carbons (Fsp3) is 0.231. The first-order valence-electron chi connectivity index (χ1n) is 5.61. The Morgan fingerprint density at radius 1 is 1.44 bits per heavy atom. The van der Waals surface area contributed by atoms with E-state index in [9.17, 15) is 4.79 Å². The molecule has 4 nitrogen and oxygen atoms in total. The van der Waals surface area contributed by atoms with Crippen LogP contribution in [0.5, 0.6) is 0 Å². The Labute approximate surface area is 110 Å². The van der Waals surface area contributed by atoms with Gasteiger partial charge in [0, 0.05) is 22.3 Å². The molecule has 0 unspecified atom stereocenters. The van der Waals surface area contributed by atoms with Crippen molar-refractivity contribution in [3.05, 3.63) is 45.4 Å². The zero-order valence-electron chi connectivity index (χ0n) is 10.4. The molecule has 1 amide bonds. The second-order valence-corrected chi connectivity index (χ2v) is 5.08. The lowest BCUT2D eigenvalue weighted by atomic mass is 10.1. The zero-order valence-corrected chi connectivity index (χ0v) is 11.2. The molecule has 0 radical (unpaired) electrons. The molecule has 3 N–H and O–H groups in total. The minimum absolute atomic E-state index is 0.130. The van der Waals surface area contributed by atoms with E-state index in [0.29, 0.717) is 17.8 Å². The molecule has 94 valence electrons. The lowest BCUT2D eigenvalue weighted by Gasteiger charge is -2.05. The number of hydrogen-bond donors (Lipinski definition) is 2. The SMILES string of the molecule is Cc1csc(CNC(=O)c2ccc(C)c(N)c2)n1. The summed E-state index contributed by atoms with van der Waals surface area (Å²) in [6.45, 7) is 4.29. The first-order valence-corrected chi connectivity index (χ1v) is 6.49. The maximum atomic E-state index is 11.9. The van der Waals surface area contributed by atoms with E-state index < -0.39 is 0 Å². The minimum atomic E-state index is -0.130. The lowest BCUT2D eigenvalue weighted by molar-refractivity contribution is 0.0951. The number of rotatable bonds is 3. The van der Waals surface area contributed by atoms with E-state index in [4.69, 9.17) is 5.73 Å². The summed E-state index contributed by atoms with van der Waals surface area (Å²) in [5.41, 5.74) is 8.94. The van der Waals surface area contributed by atoms with Crippen molar-refractivity contribution in [1.29, 1.82) is 0 Å². The average Bonchev–Trinajstić information content (AvgIpc) is 2.75. The van der Waals surface area contributed by atoms with Crippen LogP contribution in [0, 0.1) is 13.8 Å². The highest BCUT2D eigenvalue weighted by Crippen LogP contribution is 2.13. The Kier molecular flexibility index (Phi) is 3.62. The number of carbonyl (C=O) groups is 1. The van der Waals surface area contributed by atoms with Crippen LogP contribution in [0.15, 0.2) is 23.6 Å². The summed E-state index contributed by atoms with van der Waals surface area (Å²) in [5, 5.41) is 5.70. The molecule has 2 aromatic rings. The van der Waals surface area contributed by atoms with Crippen LogP contribution in [0.3, 0.4) is 0 Å². The van der Waals surface area contributed by atoms with Crippen molar-refractivity contribution in [3.8, 4) is 0 Å². The van der Waals surface area contributed by atoms with Crippen molar-refractivity contribution in [2.45, 2.75) is 20.4 Å². The molecule has 0 fully saturated rings. The number of nitrogens with two attached hydrogens (primary N) is 1. The third-order valence-electron chi connectivity index (χ3n) is 2.61. The Morgan fingerprint density at radius 3 is 2.83 bits per heavy atom. The normalized spacial score (nSPS) is 10.3. The van der Waals surface area contributed by atoms with Crippen LogP contribution in [-0.4, -0.2) is 10.9 Å². The van der Waals surface area contributed by atoms with Gasteiger partial charge in [0.15, 0.2) is 0 Å². The number of amides is 1. The molecule has 1 aromatic carbocycles. The summed E-state index contributed by atoms with van der Waals surface area (Å²) < 4.78 is 0. The molecule has 0 bridgehead atoms. The number of hydrogen-bond acceptors (Lipinski definition) is 4. The number of nitrogens with one attached hydrogen (secondary N) is 1. The highest BCUT2D eigenvalue weighted by Gasteiger charge is 2.07. The summed E-state index contributed by atoms with van der Waals surface area (Å²) in [7, 11) is 0. The van der Waals surface area contributed by atoms with Crippen molar-refractivity contribution in [3.63, 3.8) is 0 Å². The molecule has 0 aliphatic carbocycles. The molecule has 0 saturated heterocycles. The fourth-order valence-corrected chi connectivity index (χ4v) is 2.24. The Balaban J connectivity index is 2.01. The van der Waals surface area contributed by atoms with E-state index in [1.165, 1.54) is 0 Å². The minimum Gasteiger partial charge on any atom is -0.398 e. The van der Waals surface area contributed by atoms with Gasteiger partial charge in [-0.25, -0.2) is 4.98 Å². The number of benzene rings is 1. The van der Waals surface area contributed by atoms with Crippen LogP contribution >= 0.6 is 11.3 Å². The second-order valence-electron chi connectivity index (χ2n) is 4.14. The molecule has 2 rings (SSSR count). The summed E-state index contributed by atoms with van der Waals surface area (Å²) in [5.74, 6) is -0.130. The van der Waals surface area contributed by atoms with E-state index >= 15 is 0 Å². The highest BCUT2D eigenvalue weighted by molar-refractivity contribution is 7.09. The Morgan fingerprint density at radius 2 is 2.22 bits per heavy atom. The van der Waals surface area contributed by atoms with E-state index in [2.05, 4.69) is 10.3 Å². The molecule has 18 heavy (non-hydrogen) atoms. The number of aryl methyl sites for hydroxylation is 2. The number of thiazole rings is 1. The lowest BCUT2D eigenvalue weighted by Crippen LogP contribution is -2.22. The number of nitrogens with zero attached hydrogens (tertiary/aromatic N) is 1. The predicted octanol–water partition coefficient (Wildman–Crippen LogP) is 2.27. The summed E-state index contributed by atoms with van der Waals surface area (Å²) in [4.78, 5) is 16.2. The van der Waals surface area contributed by atoms with Gasteiger partial charge in [-0.05, 0) is 31.5 Å². The van der Waals surface area contributed by atoms with Crippen molar-refractivity contribution in [1.82, 2.24) is 10.3 Å². The van der Waals surface area contributed by atoms with Crippen LogP contribution in [0.25, 0.3) is 0 Å². The number of carbonyl (C=O) groups excluding carboxylic acids is 1. The van der Waals surface area contributed by atoms with Gasteiger partial charge >= 0.3 is 0 Å². The standard InChI is InChI=1S/C13H15N3OS/c1-8-3-4-10(5-11(8)14)13(17)15-6-12-16-9(2)7-18-12/h3-5,7H,6,14H2,1-2H3,(H,15,17). The molecule has 0 saturated carbocycles. The molecule has 0 spiro atoms. The van der Waals surface area contributed by atoms with E-state index in [1.54, 1.807) is 23.5 Å². The van der Waals surface area contributed by atoms with Gasteiger partial charge in [-0.1, -0.05) is 6.07 Å². The van der Waals surface area contributed by atoms with Crippen molar-refractivity contribution < 1.29 is 4.79 Å². The molecular formula is C13H15N3OS. The van der Waals surface area contributed by atoms with Gasteiger partial charge in [0.05, 0.1) is 6.54 Å².